The number of benzene rings is 3. The van der Waals surface area contributed by atoms with Gasteiger partial charge in [0, 0.05) is 35.1 Å². The summed E-state index contributed by atoms with van der Waals surface area (Å²) in [6, 6.07) is 25.7. The lowest BCUT2D eigenvalue weighted by Gasteiger charge is -2.18. The standard InChI is InChI=1S/C29H27N3O3/c1-19-27(20(2)35-32-19)18-34-23-14-12-22(13-15-23)29(33)31-16-25(21-8-4-3-5-9-21)26-17-30-28-11-7-6-10-24(26)28/h3-15,17,25,30H,16,18H2,1-2H3,(H,31,33). The lowest BCUT2D eigenvalue weighted by Crippen LogP contribution is -2.28. The van der Waals surface area contributed by atoms with Gasteiger partial charge in [-0.3, -0.25) is 4.79 Å². The molecule has 1 amide bonds. The first-order chi connectivity index (χ1) is 17.1. The molecule has 6 nitrogen and oxygen atoms in total. The highest BCUT2D eigenvalue weighted by Crippen LogP contribution is 2.30. The lowest BCUT2D eigenvalue weighted by atomic mass is 9.91. The van der Waals surface area contributed by atoms with E-state index in [1.807, 2.05) is 50.4 Å². The Morgan fingerprint density at radius 1 is 1.00 bits per heavy atom. The zero-order valence-corrected chi connectivity index (χ0v) is 19.7. The van der Waals surface area contributed by atoms with E-state index in [0.29, 0.717) is 24.5 Å². The second-order valence-corrected chi connectivity index (χ2v) is 8.58. The Kier molecular flexibility index (Phi) is 6.35. The van der Waals surface area contributed by atoms with Gasteiger partial charge in [0.15, 0.2) is 0 Å². The van der Waals surface area contributed by atoms with Crippen molar-refractivity contribution >= 4 is 16.8 Å². The number of nitrogens with zero attached hydrogens (tertiary/aromatic N) is 1. The average Bonchev–Trinajstić information content (AvgIpc) is 3.46. The molecule has 35 heavy (non-hydrogen) atoms. The average molecular weight is 466 g/mol. The van der Waals surface area contributed by atoms with Crippen LogP contribution in [-0.4, -0.2) is 22.6 Å². The quantitative estimate of drug-likeness (QED) is 0.298. The summed E-state index contributed by atoms with van der Waals surface area (Å²) in [5, 5.41) is 8.23. The van der Waals surface area contributed by atoms with E-state index in [9.17, 15) is 4.79 Å². The van der Waals surface area contributed by atoms with Gasteiger partial charge in [0.2, 0.25) is 0 Å². The van der Waals surface area contributed by atoms with Crippen molar-refractivity contribution < 1.29 is 14.1 Å². The van der Waals surface area contributed by atoms with Crippen LogP contribution in [0.15, 0.2) is 89.6 Å². The molecule has 0 radical (unpaired) electrons. The molecule has 0 fully saturated rings. The Labute approximate surface area is 203 Å². The zero-order valence-electron chi connectivity index (χ0n) is 19.7. The number of hydrogen-bond donors (Lipinski definition) is 2. The van der Waals surface area contributed by atoms with Gasteiger partial charge >= 0.3 is 0 Å². The van der Waals surface area contributed by atoms with Gasteiger partial charge in [0.1, 0.15) is 18.1 Å². The molecule has 1 unspecified atom stereocenters. The van der Waals surface area contributed by atoms with Gasteiger partial charge in [-0.1, -0.05) is 53.7 Å². The van der Waals surface area contributed by atoms with E-state index in [0.717, 1.165) is 39.0 Å². The minimum atomic E-state index is -0.122. The first-order valence-electron chi connectivity index (χ1n) is 11.6. The predicted octanol–water partition coefficient (Wildman–Crippen LogP) is 5.91. The summed E-state index contributed by atoms with van der Waals surface area (Å²) >= 11 is 0. The number of rotatable bonds is 8. The van der Waals surface area contributed by atoms with Crippen LogP contribution in [0.4, 0.5) is 0 Å². The molecule has 5 rings (SSSR count). The number of aryl methyl sites for hydroxylation is 2. The van der Waals surface area contributed by atoms with Gasteiger partial charge < -0.3 is 19.6 Å². The fraction of sp³-hybridized carbons (Fsp3) is 0.172. The molecule has 0 aliphatic carbocycles. The van der Waals surface area contributed by atoms with Crippen LogP contribution in [-0.2, 0) is 6.61 Å². The van der Waals surface area contributed by atoms with E-state index in [1.165, 1.54) is 0 Å². The number of amides is 1. The third kappa shape index (κ3) is 4.82. The molecule has 0 aliphatic rings. The van der Waals surface area contributed by atoms with Crippen LogP contribution in [0.25, 0.3) is 10.9 Å². The van der Waals surface area contributed by atoms with Crippen LogP contribution in [0.3, 0.4) is 0 Å². The minimum Gasteiger partial charge on any atom is -0.489 e. The summed E-state index contributed by atoms with van der Waals surface area (Å²) in [5.74, 6) is 1.33. The maximum atomic E-state index is 13.0. The number of aromatic nitrogens is 2. The monoisotopic (exact) mass is 465 g/mol. The highest BCUT2D eigenvalue weighted by molar-refractivity contribution is 5.94. The van der Waals surface area contributed by atoms with Gasteiger partial charge in [0.25, 0.3) is 5.91 Å². The number of carbonyl (C=O) groups is 1. The molecule has 0 saturated heterocycles. The largest absolute Gasteiger partial charge is 0.489 e. The third-order valence-electron chi connectivity index (χ3n) is 6.35. The number of aromatic amines is 1. The number of nitrogens with one attached hydrogen (secondary N) is 2. The van der Waals surface area contributed by atoms with Gasteiger partial charge in [-0.15, -0.1) is 0 Å². The predicted molar refractivity (Wildman–Crippen MR) is 136 cm³/mol. The van der Waals surface area contributed by atoms with E-state index in [-0.39, 0.29) is 11.8 Å². The van der Waals surface area contributed by atoms with Gasteiger partial charge in [-0.05, 0) is 55.3 Å². The Hall–Kier alpha value is -4.32. The van der Waals surface area contributed by atoms with Crippen molar-refractivity contribution in [3.63, 3.8) is 0 Å². The third-order valence-corrected chi connectivity index (χ3v) is 6.35. The van der Waals surface area contributed by atoms with Gasteiger partial charge in [-0.2, -0.15) is 0 Å². The number of ether oxygens (including phenoxy) is 1. The van der Waals surface area contributed by atoms with Gasteiger partial charge in [0.05, 0.1) is 11.3 Å². The van der Waals surface area contributed by atoms with Crippen molar-refractivity contribution in [2.24, 2.45) is 0 Å². The fourth-order valence-electron chi connectivity index (χ4n) is 4.34. The van der Waals surface area contributed by atoms with Crippen molar-refractivity contribution in [3.8, 4) is 5.75 Å². The molecule has 176 valence electrons. The summed E-state index contributed by atoms with van der Waals surface area (Å²) < 4.78 is 11.0. The summed E-state index contributed by atoms with van der Waals surface area (Å²) in [6.45, 7) is 4.61. The van der Waals surface area contributed by atoms with Crippen molar-refractivity contribution in [2.45, 2.75) is 26.4 Å². The molecular weight excluding hydrogens is 438 g/mol. The molecule has 5 aromatic rings. The van der Waals surface area contributed by atoms with Crippen molar-refractivity contribution in [3.05, 3.63) is 119 Å². The van der Waals surface area contributed by atoms with Crippen LogP contribution < -0.4 is 10.1 Å². The highest BCUT2D eigenvalue weighted by Gasteiger charge is 2.19. The summed E-state index contributed by atoms with van der Waals surface area (Å²) in [7, 11) is 0. The van der Waals surface area contributed by atoms with E-state index in [1.54, 1.807) is 24.3 Å². The van der Waals surface area contributed by atoms with Crippen molar-refractivity contribution in [1.82, 2.24) is 15.5 Å². The number of hydrogen-bond acceptors (Lipinski definition) is 4. The molecule has 0 bridgehead atoms. The molecular formula is C29H27N3O3. The van der Waals surface area contributed by atoms with Crippen LogP contribution in [0, 0.1) is 13.8 Å². The molecule has 2 aromatic heterocycles. The molecule has 0 spiro atoms. The summed E-state index contributed by atoms with van der Waals surface area (Å²) in [5.41, 5.74) is 5.75. The van der Waals surface area contributed by atoms with Crippen molar-refractivity contribution in [1.29, 1.82) is 0 Å². The Morgan fingerprint density at radius 2 is 1.74 bits per heavy atom. The molecule has 0 aliphatic heterocycles. The zero-order chi connectivity index (χ0) is 24.2. The molecule has 2 N–H and O–H groups in total. The molecule has 2 heterocycles. The second kappa shape index (κ2) is 9.89. The number of para-hydroxylation sites is 1. The normalized spacial score (nSPS) is 11.9. The maximum Gasteiger partial charge on any atom is 0.251 e. The highest BCUT2D eigenvalue weighted by atomic mass is 16.5. The number of H-pyrrole nitrogens is 1. The first kappa shape index (κ1) is 22.5. The van der Waals surface area contributed by atoms with Crippen LogP contribution in [0.5, 0.6) is 5.75 Å². The maximum absolute atomic E-state index is 13.0. The van der Waals surface area contributed by atoms with E-state index in [2.05, 4.69) is 39.7 Å². The topological polar surface area (TPSA) is 80.2 Å². The summed E-state index contributed by atoms with van der Waals surface area (Å²) in [6.07, 6.45) is 2.04. The van der Waals surface area contributed by atoms with Crippen LogP contribution >= 0.6 is 0 Å². The lowest BCUT2D eigenvalue weighted by molar-refractivity contribution is 0.0952. The Balaban J connectivity index is 1.28. The first-order valence-corrected chi connectivity index (χ1v) is 11.6. The fourth-order valence-corrected chi connectivity index (χ4v) is 4.34. The van der Waals surface area contributed by atoms with E-state index in [4.69, 9.17) is 9.26 Å². The molecule has 6 heteroatoms. The second-order valence-electron chi connectivity index (χ2n) is 8.58. The number of carbonyl (C=O) groups excluding carboxylic acids is 1. The smallest absolute Gasteiger partial charge is 0.251 e. The molecule has 1 atom stereocenters. The van der Waals surface area contributed by atoms with Crippen LogP contribution in [0.1, 0.15) is 44.4 Å². The number of fused-ring (bicyclic) bond motifs is 1. The molecule has 0 saturated carbocycles. The van der Waals surface area contributed by atoms with Gasteiger partial charge in [-0.25, -0.2) is 0 Å². The Bertz CT molecular complexity index is 1420. The Morgan fingerprint density at radius 3 is 2.49 bits per heavy atom. The molecule has 3 aromatic carbocycles. The minimum absolute atomic E-state index is 0.0222. The van der Waals surface area contributed by atoms with E-state index < -0.39 is 0 Å². The van der Waals surface area contributed by atoms with E-state index >= 15 is 0 Å². The van der Waals surface area contributed by atoms with Crippen molar-refractivity contribution in [2.75, 3.05) is 6.54 Å². The SMILES string of the molecule is Cc1noc(C)c1COc1ccc(C(=O)NCC(c2ccccc2)c2c[nH]c3ccccc23)cc1. The van der Waals surface area contributed by atoms with Crippen LogP contribution in [0.2, 0.25) is 0 Å². The summed E-state index contributed by atoms with van der Waals surface area (Å²) in [4.78, 5) is 16.3.